The van der Waals surface area contributed by atoms with Crippen LogP contribution in [0.25, 0.3) is 10.8 Å². The Morgan fingerprint density at radius 1 is 1.19 bits per heavy atom. The Morgan fingerprint density at radius 3 is 2.75 bits per heavy atom. The number of fused-ring (bicyclic) bond motifs is 1. The molecule has 0 atom stereocenters. The van der Waals surface area contributed by atoms with Gasteiger partial charge in [0.05, 0.1) is 0 Å². The highest BCUT2D eigenvalue weighted by Crippen LogP contribution is 2.24. The van der Waals surface area contributed by atoms with E-state index in [1.165, 1.54) is 0 Å². The maximum absolute atomic E-state index is 10.3. The highest BCUT2D eigenvalue weighted by atomic mass is 16.6. The smallest absolute Gasteiger partial charge is 0.320 e. The predicted molar refractivity (Wildman–Crippen MR) is 60.2 cm³/mol. The van der Waals surface area contributed by atoms with Gasteiger partial charge in [-0.2, -0.15) is 0 Å². The quantitative estimate of drug-likeness (QED) is 0.767. The van der Waals surface area contributed by atoms with Crippen molar-refractivity contribution in [2.45, 2.75) is 0 Å². The number of benzene rings is 2. The Kier molecular flexibility index (Phi) is 3.03. The van der Waals surface area contributed by atoms with Gasteiger partial charge in [0.2, 0.25) is 0 Å². The first-order valence-electron chi connectivity index (χ1n) is 4.86. The molecule has 0 aliphatic carbocycles. The second-order valence-electron chi connectivity index (χ2n) is 3.29. The van der Waals surface area contributed by atoms with Crippen LogP contribution in [0.2, 0.25) is 0 Å². The zero-order valence-electron chi connectivity index (χ0n) is 8.51. The maximum Gasteiger partial charge on any atom is 0.320 e. The Bertz CT molecular complexity index is 505. The molecule has 16 heavy (non-hydrogen) atoms. The summed E-state index contributed by atoms with van der Waals surface area (Å²) in [7, 11) is 0. The minimum atomic E-state index is -0.958. The topological polar surface area (TPSA) is 58.6 Å². The Labute approximate surface area is 92.4 Å². The molecule has 0 spiro atoms. The van der Waals surface area contributed by atoms with Gasteiger partial charge in [-0.15, -0.1) is 5.48 Å². The molecule has 0 saturated heterocycles. The molecule has 0 bridgehead atoms. The summed E-state index contributed by atoms with van der Waals surface area (Å²) in [4.78, 5) is 15.5. The summed E-state index contributed by atoms with van der Waals surface area (Å²) >= 11 is 0. The van der Waals surface area contributed by atoms with E-state index in [-0.39, 0.29) is 6.54 Å². The van der Waals surface area contributed by atoms with Crippen LogP contribution < -0.4 is 10.3 Å². The van der Waals surface area contributed by atoms with Crippen LogP contribution in [0.1, 0.15) is 0 Å². The first kappa shape index (κ1) is 10.4. The summed E-state index contributed by atoms with van der Waals surface area (Å²) in [6, 6.07) is 13.4. The first-order valence-corrected chi connectivity index (χ1v) is 4.86. The molecule has 2 N–H and O–H groups in total. The van der Waals surface area contributed by atoms with Crippen LogP contribution in [-0.2, 0) is 4.79 Å². The maximum atomic E-state index is 10.3. The zero-order valence-corrected chi connectivity index (χ0v) is 8.51. The monoisotopic (exact) mass is 217 g/mol. The predicted octanol–water partition coefficient (Wildman–Crippen LogP) is 1.81. The lowest BCUT2D eigenvalue weighted by Gasteiger charge is -2.07. The summed E-state index contributed by atoms with van der Waals surface area (Å²) < 4.78 is 0. The van der Waals surface area contributed by atoms with Crippen molar-refractivity contribution in [1.29, 1.82) is 0 Å². The normalized spacial score (nSPS) is 10.2. The van der Waals surface area contributed by atoms with Crippen molar-refractivity contribution >= 4 is 16.7 Å². The fraction of sp³-hybridized carbons (Fsp3) is 0.0833. The van der Waals surface area contributed by atoms with Crippen LogP contribution in [0.3, 0.4) is 0 Å². The van der Waals surface area contributed by atoms with Gasteiger partial charge in [0.15, 0.2) is 5.75 Å². The highest BCUT2D eigenvalue weighted by Gasteiger charge is 2.02. The van der Waals surface area contributed by atoms with Gasteiger partial charge in [-0.25, -0.2) is 0 Å². The van der Waals surface area contributed by atoms with E-state index in [4.69, 9.17) is 9.94 Å². The molecule has 0 aliphatic heterocycles. The number of hydroxylamine groups is 1. The number of carbonyl (C=O) groups is 1. The molecule has 0 saturated carbocycles. The van der Waals surface area contributed by atoms with Crippen LogP contribution in [-0.4, -0.2) is 17.6 Å². The van der Waals surface area contributed by atoms with Gasteiger partial charge < -0.3 is 9.94 Å². The van der Waals surface area contributed by atoms with Gasteiger partial charge in [0.25, 0.3) is 0 Å². The van der Waals surface area contributed by atoms with E-state index in [0.717, 1.165) is 10.8 Å². The molecule has 0 aliphatic rings. The molecule has 0 radical (unpaired) electrons. The van der Waals surface area contributed by atoms with E-state index >= 15 is 0 Å². The average molecular weight is 217 g/mol. The van der Waals surface area contributed by atoms with Crippen molar-refractivity contribution in [3.63, 3.8) is 0 Å². The van der Waals surface area contributed by atoms with E-state index in [0.29, 0.717) is 5.75 Å². The highest BCUT2D eigenvalue weighted by molar-refractivity contribution is 5.88. The number of hydrogen-bond acceptors (Lipinski definition) is 3. The van der Waals surface area contributed by atoms with E-state index in [2.05, 4.69) is 5.48 Å². The minimum Gasteiger partial charge on any atom is -0.480 e. The summed E-state index contributed by atoms with van der Waals surface area (Å²) in [6.45, 7) is -0.233. The van der Waals surface area contributed by atoms with Crippen molar-refractivity contribution < 1.29 is 14.7 Å². The lowest BCUT2D eigenvalue weighted by molar-refractivity contribution is -0.137. The number of carboxylic acid groups (broad SMARTS) is 1. The molecule has 2 aromatic carbocycles. The molecule has 0 unspecified atom stereocenters. The van der Waals surface area contributed by atoms with Gasteiger partial charge in [0, 0.05) is 5.39 Å². The molecule has 4 nitrogen and oxygen atoms in total. The van der Waals surface area contributed by atoms with Crippen LogP contribution >= 0.6 is 0 Å². The Morgan fingerprint density at radius 2 is 1.94 bits per heavy atom. The average Bonchev–Trinajstić information content (AvgIpc) is 2.29. The van der Waals surface area contributed by atoms with E-state index < -0.39 is 5.97 Å². The van der Waals surface area contributed by atoms with E-state index in [1.54, 1.807) is 6.07 Å². The Balaban J connectivity index is 2.20. The summed E-state index contributed by atoms with van der Waals surface area (Å²) in [6.07, 6.45) is 0. The molecular weight excluding hydrogens is 206 g/mol. The SMILES string of the molecule is O=C(O)CNOc1cccc2ccccc12. The van der Waals surface area contributed by atoms with Gasteiger partial charge in [0.1, 0.15) is 6.54 Å². The number of carboxylic acids is 1. The molecule has 4 heteroatoms. The fourth-order valence-corrected chi connectivity index (χ4v) is 1.46. The van der Waals surface area contributed by atoms with Crippen LogP contribution in [0.4, 0.5) is 0 Å². The van der Waals surface area contributed by atoms with Crippen molar-refractivity contribution in [2.24, 2.45) is 0 Å². The first-order chi connectivity index (χ1) is 7.77. The van der Waals surface area contributed by atoms with Gasteiger partial charge in [-0.1, -0.05) is 36.4 Å². The van der Waals surface area contributed by atoms with Crippen molar-refractivity contribution in [2.75, 3.05) is 6.54 Å². The molecule has 2 rings (SSSR count). The van der Waals surface area contributed by atoms with Crippen LogP contribution in [0, 0.1) is 0 Å². The fourth-order valence-electron chi connectivity index (χ4n) is 1.46. The lowest BCUT2D eigenvalue weighted by Crippen LogP contribution is -2.25. The molecule has 0 amide bonds. The standard InChI is InChI=1S/C12H11NO3/c14-12(15)8-13-16-11-7-3-5-9-4-1-2-6-10(9)11/h1-7,13H,8H2,(H,14,15). The number of rotatable bonds is 4. The molecule has 2 aromatic rings. The second kappa shape index (κ2) is 4.63. The second-order valence-corrected chi connectivity index (χ2v) is 3.29. The number of nitrogens with one attached hydrogen (secondary N) is 1. The molecular formula is C12H11NO3. The molecule has 0 fully saturated rings. The van der Waals surface area contributed by atoms with Crippen LogP contribution in [0.5, 0.6) is 5.75 Å². The largest absolute Gasteiger partial charge is 0.480 e. The van der Waals surface area contributed by atoms with Gasteiger partial charge in [-0.3, -0.25) is 4.79 Å². The van der Waals surface area contributed by atoms with Crippen molar-refractivity contribution in [3.05, 3.63) is 42.5 Å². The third kappa shape index (κ3) is 2.29. The summed E-state index contributed by atoms with van der Waals surface area (Å²) in [5.74, 6) is -0.334. The third-order valence-electron chi connectivity index (χ3n) is 2.16. The zero-order chi connectivity index (χ0) is 11.4. The van der Waals surface area contributed by atoms with Gasteiger partial charge in [-0.05, 0) is 11.5 Å². The summed E-state index contributed by atoms with van der Waals surface area (Å²) in [5, 5.41) is 10.5. The lowest BCUT2D eigenvalue weighted by atomic mass is 10.1. The molecule has 0 aromatic heterocycles. The summed E-state index contributed by atoms with van der Waals surface area (Å²) in [5.41, 5.74) is 2.39. The third-order valence-corrected chi connectivity index (χ3v) is 2.16. The van der Waals surface area contributed by atoms with Crippen LogP contribution in [0.15, 0.2) is 42.5 Å². The molecule has 0 heterocycles. The minimum absolute atomic E-state index is 0.233. The van der Waals surface area contributed by atoms with Gasteiger partial charge >= 0.3 is 5.97 Å². The number of aliphatic carboxylic acids is 1. The Hall–Kier alpha value is -2.07. The van der Waals surface area contributed by atoms with Crippen molar-refractivity contribution in [1.82, 2.24) is 5.48 Å². The van der Waals surface area contributed by atoms with E-state index in [1.807, 2.05) is 36.4 Å². The number of hydrogen-bond donors (Lipinski definition) is 2. The van der Waals surface area contributed by atoms with Crippen molar-refractivity contribution in [3.8, 4) is 5.75 Å². The molecule has 82 valence electrons. The van der Waals surface area contributed by atoms with E-state index in [9.17, 15) is 4.79 Å².